The highest BCUT2D eigenvalue weighted by molar-refractivity contribution is 5.94. The number of carbonyl (C=O) groups is 2. The van der Waals surface area contributed by atoms with Crippen LogP contribution in [0.15, 0.2) is 24.4 Å². The molecule has 0 bridgehead atoms. The topological polar surface area (TPSA) is 78.7 Å². The second kappa shape index (κ2) is 10.7. The van der Waals surface area contributed by atoms with E-state index in [4.69, 9.17) is 0 Å². The molecule has 2 amide bonds. The van der Waals surface area contributed by atoms with Crippen LogP contribution >= 0.6 is 0 Å². The Bertz CT molecular complexity index is 754. The largest absolute Gasteiger partial charge is 0.356 e. The van der Waals surface area contributed by atoms with E-state index in [-0.39, 0.29) is 11.8 Å². The van der Waals surface area contributed by atoms with Gasteiger partial charge in [-0.3, -0.25) is 14.0 Å². The van der Waals surface area contributed by atoms with Crippen LogP contribution in [0.1, 0.15) is 48.3 Å². The molecule has 0 spiro atoms. The van der Waals surface area contributed by atoms with Gasteiger partial charge in [0.15, 0.2) is 0 Å². The van der Waals surface area contributed by atoms with Gasteiger partial charge in [-0.25, -0.2) is 4.98 Å². The summed E-state index contributed by atoms with van der Waals surface area (Å²) in [4.78, 5) is 30.7. The number of amides is 2. The van der Waals surface area contributed by atoms with Crippen molar-refractivity contribution in [3.05, 3.63) is 35.8 Å². The number of unbranched alkanes of at least 4 members (excludes halogenated alkanes) is 2. The second-order valence-corrected chi connectivity index (χ2v) is 7.05. The number of fused-ring (bicyclic) bond motifs is 1. The number of nitrogens with zero attached hydrogens (tertiary/aromatic N) is 3. The predicted octanol–water partition coefficient (Wildman–Crippen LogP) is 2.00. The Morgan fingerprint density at radius 2 is 1.85 bits per heavy atom. The van der Waals surface area contributed by atoms with Crippen molar-refractivity contribution in [2.45, 2.75) is 39.0 Å². The fraction of sp³-hybridized carbons (Fsp3) is 0.550. The number of pyridine rings is 1. The van der Waals surface area contributed by atoms with Gasteiger partial charge in [0.05, 0.1) is 5.69 Å². The summed E-state index contributed by atoms with van der Waals surface area (Å²) in [5.41, 5.74) is 2.09. The van der Waals surface area contributed by atoms with Crippen LogP contribution in [0.4, 0.5) is 0 Å². The molecule has 0 aromatic carbocycles. The lowest BCUT2D eigenvalue weighted by atomic mass is 10.2. The third-order valence-corrected chi connectivity index (χ3v) is 4.39. The van der Waals surface area contributed by atoms with Gasteiger partial charge in [-0.2, -0.15) is 0 Å². The zero-order valence-electron chi connectivity index (χ0n) is 16.6. The third-order valence-electron chi connectivity index (χ3n) is 4.39. The number of hydrogen-bond acceptors (Lipinski definition) is 4. The Labute approximate surface area is 161 Å². The van der Waals surface area contributed by atoms with E-state index in [1.54, 1.807) is 0 Å². The third kappa shape index (κ3) is 6.67. The fourth-order valence-corrected chi connectivity index (χ4v) is 2.97. The number of hydrogen-bond donors (Lipinski definition) is 2. The van der Waals surface area contributed by atoms with Gasteiger partial charge in [0, 0.05) is 25.7 Å². The van der Waals surface area contributed by atoms with E-state index in [0.717, 1.165) is 50.1 Å². The number of rotatable bonds is 11. The highest BCUT2D eigenvalue weighted by Crippen LogP contribution is 2.11. The Kier molecular flexibility index (Phi) is 8.26. The van der Waals surface area contributed by atoms with Crippen molar-refractivity contribution in [2.75, 3.05) is 33.7 Å². The average molecular weight is 374 g/mol. The molecule has 0 aliphatic carbocycles. The molecular weight excluding hydrogens is 342 g/mol. The van der Waals surface area contributed by atoms with Crippen molar-refractivity contribution < 1.29 is 9.59 Å². The first-order valence-corrected chi connectivity index (χ1v) is 9.62. The SMILES string of the molecule is Cc1nc2ccccn2c1C(=O)NCCCCCC(=O)NCCCN(C)C. The fourth-order valence-electron chi connectivity index (χ4n) is 2.97. The molecule has 2 rings (SSSR count). The maximum Gasteiger partial charge on any atom is 0.270 e. The first kappa shape index (κ1) is 20.9. The highest BCUT2D eigenvalue weighted by Gasteiger charge is 2.15. The lowest BCUT2D eigenvalue weighted by Crippen LogP contribution is -2.27. The molecule has 0 aliphatic heterocycles. The van der Waals surface area contributed by atoms with Gasteiger partial charge in [0.25, 0.3) is 5.91 Å². The first-order valence-electron chi connectivity index (χ1n) is 9.62. The van der Waals surface area contributed by atoms with Crippen molar-refractivity contribution >= 4 is 17.5 Å². The van der Waals surface area contributed by atoms with Crippen molar-refractivity contribution in [1.29, 1.82) is 0 Å². The van der Waals surface area contributed by atoms with Crippen LogP contribution in [0.5, 0.6) is 0 Å². The summed E-state index contributed by atoms with van der Waals surface area (Å²) < 4.78 is 1.81. The molecule has 0 atom stereocenters. The molecule has 2 aromatic heterocycles. The van der Waals surface area contributed by atoms with Crippen LogP contribution in [-0.2, 0) is 4.79 Å². The number of nitrogens with one attached hydrogen (secondary N) is 2. The Hall–Kier alpha value is -2.41. The Balaban J connectivity index is 1.61. The van der Waals surface area contributed by atoms with Gasteiger partial charge < -0.3 is 15.5 Å². The number of aryl methyl sites for hydroxylation is 1. The Morgan fingerprint density at radius 3 is 2.63 bits per heavy atom. The summed E-state index contributed by atoms with van der Waals surface area (Å²) in [6, 6.07) is 5.67. The van der Waals surface area contributed by atoms with Gasteiger partial charge in [0.2, 0.25) is 5.91 Å². The molecule has 0 aliphatic rings. The summed E-state index contributed by atoms with van der Waals surface area (Å²) >= 11 is 0. The lowest BCUT2D eigenvalue weighted by molar-refractivity contribution is -0.121. The molecule has 2 heterocycles. The van der Waals surface area contributed by atoms with E-state index >= 15 is 0 Å². The Morgan fingerprint density at radius 1 is 1.07 bits per heavy atom. The number of carbonyl (C=O) groups excluding carboxylic acids is 2. The summed E-state index contributed by atoms with van der Waals surface area (Å²) in [7, 11) is 4.05. The van der Waals surface area contributed by atoms with E-state index in [9.17, 15) is 9.59 Å². The minimum Gasteiger partial charge on any atom is -0.356 e. The minimum absolute atomic E-state index is 0.107. The second-order valence-electron chi connectivity index (χ2n) is 7.05. The molecule has 0 saturated carbocycles. The molecule has 27 heavy (non-hydrogen) atoms. The normalized spacial score (nSPS) is 11.1. The summed E-state index contributed by atoms with van der Waals surface area (Å²) in [6.07, 6.45) is 5.97. The van der Waals surface area contributed by atoms with Gasteiger partial charge in [-0.1, -0.05) is 12.5 Å². The standard InChI is InChI=1S/C20H31N5O2/c1-16-19(25-15-8-6-10-17(25)23-16)20(27)22-12-7-4-5-11-18(26)21-13-9-14-24(2)3/h6,8,10,15H,4-5,7,9,11-14H2,1-3H3,(H,21,26)(H,22,27). The van der Waals surface area contributed by atoms with E-state index in [0.29, 0.717) is 18.7 Å². The van der Waals surface area contributed by atoms with Crippen LogP contribution in [0.25, 0.3) is 5.65 Å². The zero-order chi connectivity index (χ0) is 19.6. The van der Waals surface area contributed by atoms with Crippen LogP contribution in [0.3, 0.4) is 0 Å². The zero-order valence-corrected chi connectivity index (χ0v) is 16.6. The van der Waals surface area contributed by atoms with E-state index < -0.39 is 0 Å². The first-order chi connectivity index (χ1) is 13.0. The van der Waals surface area contributed by atoms with Crippen molar-refractivity contribution in [2.24, 2.45) is 0 Å². The molecule has 148 valence electrons. The lowest BCUT2D eigenvalue weighted by Gasteiger charge is -2.10. The number of imidazole rings is 1. The molecular formula is C20H31N5O2. The molecule has 0 radical (unpaired) electrons. The van der Waals surface area contributed by atoms with Crippen LogP contribution < -0.4 is 10.6 Å². The molecule has 0 unspecified atom stereocenters. The van der Waals surface area contributed by atoms with E-state index in [1.807, 2.05) is 49.8 Å². The number of aromatic nitrogens is 2. The van der Waals surface area contributed by atoms with Gasteiger partial charge in [0.1, 0.15) is 11.3 Å². The van der Waals surface area contributed by atoms with E-state index in [1.165, 1.54) is 0 Å². The quantitative estimate of drug-likeness (QED) is 0.591. The van der Waals surface area contributed by atoms with Gasteiger partial charge >= 0.3 is 0 Å². The smallest absolute Gasteiger partial charge is 0.270 e. The van der Waals surface area contributed by atoms with Crippen LogP contribution in [0, 0.1) is 6.92 Å². The molecule has 7 heteroatoms. The van der Waals surface area contributed by atoms with Crippen molar-refractivity contribution in [3.63, 3.8) is 0 Å². The predicted molar refractivity (Wildman–Crippen MR) is 107 cm³/mol. The summed E-state index contributed by atoms with van der Waals surface area (Å²) in [5, 5.41) is 5.90. The van der Waals surface area contributed by atoms with Crippen molar-refractivity contribution in [1.82, 2.24) is 24.9 Å². The molecule has 2 aromatic rings. The minimum atomic E-state index is -0.107. The maximum atomic E-state index is 12.4. The monoisotopic (exact) mass is 373 g/mol. The summed E-state index contributed by atoms with van der Waals surface area (Å²) in [6.45, 7) is 4.15. The molecule has 2 N–H and O–H groups in total. The maximum absolute atomic E-state index is 12.4. The molecule has 0 fully saturated rings. The average Bonchev–Trinajstić information content (AvgIpc) is 2.97. The van der Waals surface area contributed by atoms with Crippen molar-refractivity contribution in [3.8, 4) is 0 Å². The molecule has 0 saturated heterocycles. The van der Waals surface area contributed by atoms with Crippen LogP contribution in [0.2, 0.25) is 0 Å². The summed E-state index contributed by atoms with van der Waals surface area (Å²) in [5.74, 6) is 0.00369. The van der Waals surface area contributed by atoms with Gasteiger partial charge in [-0.05, 0) is 59.0 Å². The highest BCUT2D eigenvalue weighted by atomic mass is 16.2. The van der Waals surface area contributed by atoms with Crippen LogP contribution in [-0.4, -0.2) is 59.8 Å². The molecule has 7 nitrogen and oxygen atoms in total. The van der Waals surface area contributed by atoms with E-state index in [2.05, 4.69) is 20.5 Å². The van der Waals surface area contributed by atoms with Gasteiger partial charge in [-0.15, -0.1) is 0 Å².